The molecule has 2 N–H and O–H groups in total. The molecule has 0 aromatic heterocycles. The van der Waals surface area contributed by atoms with E-state index in [1.165, 1.54) is 0 Å². The minimum atomic E-state index is -4.16. The van der Waals surface area contributed by atoms with Crippen LogP contribution in [0.3, 0.4) is 0 Å². The van der Waals surface area contributed by atoms with E-state index in [1.54, 1.807) is 5.32 Å². The van der Waals surface area contributed by atoms with Crippen LogP contribution in [-0.4, -0.2) is 37.4 Å². The van der Waals surface area contributed by atoms with Crippen LogP contribution in [0.5, 0.6) is 0 Å². The number of carbonyl (C=O) groups is 1. The molecule has 1 aliphatic rings. The van der Waals surface area contributed by atoms with Crippen LogP contribution in [0.2, 0.25) is 0 Å². The fraction of sp³-hybridized carbons (Fsp3) is 0.900. The van der Waals surface area contributed by atoms with Crippen molar-refractivity contribution in [2.45, 2.75) is 44.1 Å². The van der Waals surface area contributed by atoms with Gasteiger partial charge in [0.05, 0.1) is 13.1 Å². The lowest BCUT2D eigenvalue weighted by Crippen LogP contribution is -2.45. The predicted molar refractivity (Wildman–Crippen MR) is 54.2 cm³/mol. The van der Waals surface area contributed by atoms with E-state index < -0.39 is 24.8 Å². The van der Waals surface area contributed by atoms with Crippen LogP contribution in [0.15, 0.2) is 0 Å². The van der Waals surface area contributed by atoms with E-state index >= 15 is 0 Å². The molecule has 1 rings (SSSR count). The van der Waals surface area contributed by atoms with Gasteiger partial charge in [-0.25, -0.2) is 8.78 Å². The molecule has 3 nitrogen and oxygen atoms in total. The molecule has 1 aliphatic carbocycles. The molecule has 1 fully saturated rings. The number of rotatable bonds is 6. The van der Waals surface area contributed by atoms with Crippen molar-refractivity contribution >= 4 is 5.91 Å². The molecule has 0 bridgehead atoms. The van der Waals surface area contributed by atoms with Gasteiger partial charge in [-0.15, -0.1) is 0 Å². The predicted octanol–water partition coefficient (Wildman–Crippen LogP) is 1.54. The molecule has 0 aromatic carbocycles. The number of carbonyl (C=O) groups excluding carboxylic acids is 1. The van der Waals surface area contributed by atoms with Gasteiger partial charge in [0.1, 0.15) is 0 Å². The summed E-state index contributed by atoms with van der Waals surface area (Å²) in [7, 11) is 0. The quantitative estimate of drug-likeness (QED) is 0.708. The van der Waals surface area contributed by atoms with Crippen molar-refractivity contribution in [3.8, 4) is 0 Å². The smallest absolute Gasteiger partial charge is 0.324 e. The van der Waals surface area contributed by atoms with Crippen molar-refractivity contribution in [1.82, 2.24) is 10.6 Å². The highest BCUT2D eigenvalue weighted by molar-refractivity contribution is 5.78. The number of nitrogens with one attached hydrogen (secondary N) is 2. The second kappa shape index (κ2) is 6.18. The summed E-state index contributed by atoms with van der Waals surface area (Å²) in [4.78, 5) is 11.1. The van der Waals surface area contributed by atoms with E-state index in [0.717, 1.165) is 25.7 Å². The maximum Gasteiger partial charge on any atom is 0.324 e. The van der Waals surface area contributed by atoms with Gasteiger partial charge >= 0.3 is 12.3 Å². The summed E-state index contributed by atoms with van der Waals surface area (Å²) in [6.07, 6.45) is 0.331. The van der Waals surface area contributed by atoms with Crippen molar-refractivity contribution in [3.63, 3.8) is 0 Å². The molecular formula is C10H16F4N2O. The molecule has 17 heavy (non-hydrogen) atoms. The molecule has 0 radical (unpaired) electrons. The summed E-state index contributed by atoms with van der Waals surface area (Å²) < 4.78 is 48.5. The zero-order valence-electron chi connectivity index (χ0n) is 9.32. The lowest BCUT2D eigenvalue weighted by molar-refractivity contribution is -0.136. The number of hydrogen-bond donors (Lipinski definition) is 2. The second-order valence-electron chi connectivity index (χ2n) is 4.20. The summed E-state index contributed by atoms with van der Waals surface area (Å²) in [6.45, 7) is -1.43. The van der Waals surface area contributed by atoms with E-state index in [1.807, 2.05) is 0 Å². The molecule has 1 saturated carbocycles. The van der Waals surface area contributed by atoms with Gasteiger partial charge in [0, 0.05) is 6.04 Å². The highest BCUT2D eigenvalue weighted by Crippen LogP contribution is 2.21. The summed E-state index contributed by atoms with van der Waals surface area (Å²) in [5.74, 6) is -4.85. The van der Waals surface area contributed by atoms with Gasteiger partial charge in [-0.1, -0.05) is 12.8 Å². The standard InChI is InChI=1S/C10H16F4N2O/c11-9(12)10(13,14)6-16-8(17)5-15-7-3-1-2-4-7/h7,9,15H,1-6H2,(H,16,17). The molecule has 100 valence electrons. The minimum Gasteiger partial charge on any atom is -0.349 e. The van der Waals surface area contributed by atoms with Crippen LogP contribution < -0.4 is 10.6 Å². The van der Waals surface area contributed by atoms with Crippen LogP contribution in [0.4, 0.5) is 17.6 Å². The Hall–Kier alpha value is -0.850. The van der Waals surface area contributed by atoms with Crippen LogP contribution in [0.1, 0.15) is 25.7 Å². The fourth-order valence-electron chi connectivity index (χ4n) is 1.72. The van der Waals surface area contributed by atoms with E-state index in [0.29, 0.717) is 0 Å². The number of halogens is 4. The first-order valence-corrected chi connectivity index (χ1v) is 5.58. The summed E-state index contributed by atoms with van der Waals surface area (Å²) >= 11 is 0. The third-order valence-electron chi connectivity index (χ3n) is 2.75. The SMILES string of the molecule is O=C(CNC1CCCC1)NCC(F)(F)C(F)F. The second-order valence-corrected chi connectivity index (χ2v) is 4.20. The Kier molecular flexibility index (Phi) is 5.17. The van der Waals surface area contributed by atoms with Crippen LogP contribution in [0, 0.1) is 0 Å². The van der Waals surface area contributed by atoms with Crippen LogP contribution in [0.25, 0.3) is 0 Å². The van der Waals surface area contributed by atoms with Crippen molar-refractivity contribution in [3.05, 3.63) is 0 Å². The van der Waals surface area contributed by atoms with E-state index in [9.17, 15) is 22.4 Å². The molecule has 0 unspecified atom stereocenters. The Bertz CT molecular complexity index is 255. The number of amides is 1. The Morgan fingerprint density at radius 2 is 1.88 bits per heavy atom. The molecule has 1 amide bonds. The minimum absolute atomic E-state index is 0.107. The normalized spacial score (nSPS) is 17.7. The van der Waals surface area contributed by atoms with Crippen molar-refractivity contribution in [2.24, 2.45) is 0 Å². The van der Waals surface area contributed by atoms with Crippen molar-refractivity contribution in [1.29, 1.82) is 0 Å². The third-order valence-corrected chi connectivity index (χ3v) is 2.75. The summed E-state index contributed by atoms with van der Waals surface area (Å²) in [6, 6.07) is 0.233. The Morgan fingerprint density at radius 3 is 2.41 bits per heavy atom. The molecule has 0 aromatic rings. The topological polar surface area (TPSA) is 41.1 Å². The largest absolute Gasteiger partial charge is 0.349 e. The Labute approximate surface area is 96.9 Å². The average molecular weight is 256 g/mol. The highest BCUT2D eigenvalue weighted by atomic mass is 19.3. The Balaban J connectivity index is 2.16. The fourth-order valence-corrected chi connectivity index (χ4v) is 1.72. The monoisotopic (exact) mass is 256 g/mol. The Morgan fingerprint density at radius 1 is 1.29 bits per heavy atom. The molecule has 0 aliphatic heterocycles. The zero-order valence-corrected chi connectivity index (χ0v) is 9.32. The average Bonchev–Trinajstić information content (AvgIpc) is 2.76. The zero-order chi connectivity index (χ0) is 12.9. The summed E-state index contributed by atoms with van der Waals surface area (Å²) in [5.41, 5.74) is 0. The van der Waals surface area contributed by atoms with Gasteiger partial charge in [-0.05, 0) is 12.8 Å². The number of hydrogen-bond acceptors (Lipinski definition) is 2. The molecule has 0 spiro atoms. The molecule has 0 heterocycles. The third kappa shape index (κ3) is 4.89. The van der Waals surface area contributed by atoms with Crippen LogP contribution >= 0.6 is 0 Å². The first kappa shape index (κ1) is 14.2. The van der Waals surface area contributed by atoms with Gasteiger partial charge in [-0.2, -0.15) is 8.78 Å². The lowest BCUT2D eigenvalue weighted by atomic mass is 10.2. The summed E-state index contributed by atoms with van der Waals surface area (Å²) in [5, 5.41) is 4.70. The van der Waals surface area contributed by atoms with E-state index in [2.05, 4.69) is 5.32 Å². The molecular weight excluding hydrogens is 240 g/mol. The van der Waals surface area contributed by atoms with E-state index in [4.69, 9.17) is 0 Å². The van der Waals surface area contributed by atoms with Crippen LogP contribution in [-0.2, 0) is 4.79 Å². The highest BCUT2D eigenvalue weighted by Gasteiger charge is 2.40. The van der Waals surface area contributed by atoms with E-state index in [-0.39, 0.29) is 12.6 Å². The molecule has 0 atom stereocenters. The first-order valence-electron chi connectivity index (χ1n) is 5.58. The van der Waals surface area contributed by atoms with Crippen molar-refractivity contribution < 1.29 is 22.4 Å². The number of alkyl halides is 4. The molecule has 7 heteroatoms. The first-order chi connectivity index (χ1) is 7.92. The molecule has 0 saturated heterocycles. The van der Waals surface area contributed by atoms with Gasteiger partial charge in [-0.3, -0.25) is 4.79 Å². The lowest BCUT2D eigenvalue weighted by Gasteiger charge is -2.16. The van der Waals surface area contributed by atoms with Gasteiger partial charge in [0.25, 0.3) is 0 Å². The maximum atomic E-state index is 12.5. The van der Waals surface area contributed by atoms with Gasteiger partial charge in [0.2, 0.25) is 5.91 Å². The van der Waals surface area contributed by atoms with Gasteiger partial charge in [0.15, 0.2) is 0 Å². The van der Waals surface area contributed by atoms with Crippen molar-refractivity contribution in [2.75, 3.05) is 13.1 Å². The maximum absolute atomic E-state index is 12.5. The van der Waals surface area contributed by atoms with Gasteiger partial charge < -0.3 is 10.6 Å².